The largest absolute Gasteiger partial charge is 0.481 e. The van der Waals surface area contributed by atoms with E-state index >= 15 is 0 Å². The lowest BCUT2D eigenvalue weighted by Gasteiger charge is -2.08. The summed E-state index contributed by atoms with van der Waals surface area (Å²) in [7, 11) is 0. The van der Waals surface area contributed by atoms with Gasteiger partial charge in [0.2, 0.25) is 11.8 Å². The van der Waals surface area contributed by atoms with Crippen LogP contribution in [0.5, 0.6) is 0 Å². The Hall–Kier alpha value is -2.90. The number of carbonyl (C=O) groups is 4. The summed E-state index contributed by atoms with van der Waals surface area (Å²) >= 11 is 0. The van der Waals surface area contributed by atoms with Crippen molar-refractivity contribution in [3.63, 3.8) is 0 Å². The lowest BCUT2D eigenvalue weighted by atomic mass is 10.2. The number of carboxylic acids is 1. The van der Waals surface area contributed by atoms with Crippen molar-refractivity contribution >= 4 is 29.4 Å². The zero-order valence-electron chi connectivity index (χ0n) is 12.7. The fourth-order valence-electron chi connectivity index (χ4n) is 1.64. The van der Waals surface area contributed by atoms with Crippen LogP contribution < -0.4 is 16.2 Å². The third kappa shape index (κ3) is 7.07. The first-order valence-electron chi connectivity index (χ1n) is 7.13. The maximum absolute atomic E-state index is 11.8. The molecule has 0 aliphatic heterocycles. The molecule has 0 saturated carbocycles. The molecule has 1 aromatic carbocycles. The van der Waals surface area contributed by atoms with Gasteiger partial charge in [0.25, 0.3) is 5.91 Å². The molecule has 0 unspecified atom stereocenters. The molecular formula is C15H19N3O5. The quantitative estimate of drug-likeness (QED) is 0.559. The van der Waals surface area contributed by atoms with Crippen molar-refractivity contribution in [2.24, 2.45) is 0 Å². The van der Waals surface area contributed by atoms with Crippen molar-refractivity contribution < 1.29 is 24.3 Å². The fraction of sp³-hybridized carbons (Fsp3) is 0.333. The minimum absolute atomic E-state index is 0.101. The minimum Gasteiger partial charge on any atom is -0.481 e. The average molecular weight is 321 g/mol. The van der Waals surface area contributed by atoms with Crippen LogP contribution in [0.3, 0.4) is 0 Å². The van der Waals surface area contributed by atoms with Gasteiger partial charge >= 0.3 is 5.97 Å². The standard InChI is InChI=1S/C15H19N3O5/c1-2-3-12(19)16-11-6-4-10(5-7-11)15(23)18-17-13(20)8-9-14(21)22/h4-7H,2-3,8-9H2,1H3,(H,16,19)(H,17,20)(H,18,23)(H,21,22). The summed E-state index contributed by atoms with van der Waals surface area (Å²) in [6.45, 7) is 1.90. The monoisotopic (exact) mass is 321 g/mol. The second-order valence-corrected chi connectivity index (χ2v) is 4.77. The second kappa shape index (κ2) is 9.19. The highest BCUT2D eigenvalue weighted by Crippen LogP contribution is 2.10. The number of benzene rings is 1. The molecule has 0 spiro atoms. The van der Waals surface area contributed by atoms with Gasteiger partial charge in [-0.05, 0) is 30.7 Å². The predicted octanol–water partition coefficient (Wildman–Crippen LogP) is 1.05. The Bertz CT molecular complexity index is 583. The molecule has 0 aliphatic carbocycles. The van der Waals surface area contributed by atoms with Crippen LogP contribution in [0.2, 0.25) is 0 Å². The highest BCUT2D eigenvalue weighted by atomic mass is 16.4. The van der Waals surface area contributed by atoms with E-state index in [1.165, 1.54) is 12.1 Å². The Morgan fingerprint density at radius 2 is 1.57 bits per heavy atom. The summed E-state index contributed by atoms with van der Waals surface area (Å²) in [5.41, 5.74) is 5.18. The van der Waals surface area contributed by atoms with E-state index in [1.54, 1.807) is 12.1 Å². The molecule has 124 valence electrons. The molecule has 0 fully saturated rings. The van der Waals surface area contributed by atoms with E-state index in [0.29, 0.717) is 12.1 Å². The van der Waals surface area contributed by atoms with E-state index in [4.69, 9.17) is 5.11 Å². The van der Waals surface area contributed by atoms with E-state index < -0.39 is 17.8 Å². The number of rotatable bonds is 7. The van der Waals surface area contributed by atoms with Crippen LogP contribution in [0.15, 0.2) is 24.3 Å². The SMILES string of the molecule is CCCC(=O)Nc1ccc(C(=O)NNC(=O)CCC(=O)O)cc1. The first-order valence-corrected chi connectivity index (χ1v) is 7.13. The Morgan fingerprint density at radius 1 is 0.913 bits per heavy atom. The molecule has 0 aliphatic rings. The molecule has 1 rings (SSSR count). The van der Waals surface area contributed by atoms with Crippen LogP contribution in [0.25, 0.3) is 0 Å². The highest BCUT2D eigenvalue weighted by molar-refractivity contribution is 5.96. The maximum atomic E-state index is 11.8. The predicted molar refractivity (Wildman–Crippen MR) is 82.5 cm³/mol. The number of nitrogens with one attached hydrogen (secondary N) is 3. The topological polar surface area (TPSA) is 125 Å². The number of carboxylic acid groups (broad SMARTS) is 1. The van der Waals surface area contributed by atoms with Gasteiger partial charge in [-0.25, -0.2) is 0 Å². The van der Waals surface area contributed by atoms with Crippen LogP contribution in [-0.2, 0) is 14.4 Å². The lowest BCUT2D eigenvalue weighted by Crippen LogP contribution is -2.41. The number of anilines is 1. The highest BCUT2D eigenvalue weighted by Gasteiger charge is 2.09. The molecule has 0 radical (unpaired) electrons. The Labute approximate surface area is 133 Å². The van der Waals surface area contributed by atoms with E-state index in [2.05, 4.69) is 16.2 Å². The summed E-state index contributed by atoms with van der Waals surface area (Å²) in [5, 5.41) is 11.1. The molecule has 0 bridgehead atoms. The molecule has 0 aromatic heterocycles. The van der Waals surface area contributed by atoms with Crippen LogP contribution in [0.4, 0.5) is 5.69 Å². The van der Waals surface area contributed by atoms with E-state index in [1.807, 2.05) is 6.92 Å². The van der Waals surface area contributed by atoms with Crippen molar-refractivity contribution in [1.29, 1.82) is 0 Å². The van der Waals surface area contributed by atoms with Gasteiger partial charge in [-0.1, -0.05) is 6.92 Å². The average Bonchev–Trinajstić information content (AvgIpc) is 2.51. The summed E-state index contributed by atoms with van der Waals surface area (Å²) in [4.78, 5) is 44.8. The van der Waals surface area contributed by atoms with Crippen molar-refractivity contribution in [2.75, 3.05) is 5.32 Å². The molecule has 0 atom stereocenters. The molecule has 0 heterocycles. The molecule has 4 N–H and O–H groups in total. The number of aliphatic carboxylic acids is 1. The third-order valence-corrected chi connectivity index (χ3v) is 2.79. The van der Waals surface area contributed by atoms with Crippen molar-refractivity contribution in [1.82, 2.24) is 10.9 Å². The van der Waals surface area contributed by atoms with Gasteiger partial charge in [0.1, 0.15) is 0 Å². The Kier molecular flexibility index (Phi) is 7.25. The van der Waals surface area contributed by atoms with E-state index in [9.17, 15) is 19.2 Å². The number of amides is 3. The maximum Gasteiger partial charge on any atom is 0.303 e. The summed E-state index contributed by atoms with van der Waals surface area (Å²) < 4.78 is 0. The van der Waals surface area contributed by atoms with Crippen LogP contribution >= 0.6 is 0 Å². The first-order chi connectivity index (χ1) is 10.9. The fourth-order valence-corrected chi connectivity index (χ4v) is 1.64. The van der Waals surface area contributed by atoms with Crippen molar-refractivity contribution in [3.8, 4) is 0 Å². The molecule has 8 nitrogen and oxygen atoms in total. The Morgan fingerprint density at radius 3 is 2.13 bits per heavy atom. The normalized spacial score (nSPS) is 9.78. The number of carbonyl (C=O) groups excluding carboxylic acids is 3. The van der Waals surface area contributed by atoms with Gasteiger partial charge < -0.3 is 10.4 Å². The summed E-state index contributed by atoms with van der Waals surface area (Å²) in [6, 6.07) is 6.16. The molecule has 23 heavy (non-hydrogen) atoms. The zero-order chi connectivity index (χ0) is 17.2. The van der Waals surface area contributed by atoms with E-state index in [0.717, 1.165) is 6.42 Å². The smallest absolute Gasteiger partial charge is 0.303 e. The molecule has 3 amide bonds. The van der Waals surface area contributed by atoms with Gasteiger partial charge in [0.15, 0.2) is 0 Å². The van der Waals surface area contributed by atoms with Crippen LogP contribution in [-0.4, -0.2) is 28.8 Å². The van der Waals surface area contributed by atoms with E-state index in [-0.39, 0.29) is 24.3 Å². The molecular weight excluding hydrogens is 302 g/mol. The van der Waals surface area contributed by atoms with Crippen molar-refractivity contribution in [2.45, 2.75) is 32.6 Å². The minimum atomic E-state index is -1.09. The number of hydrogen-bond donors (Lipinski definition) is 4. The van der Waals surface area contributed by atoms with Gasteiger partial charge in [-0.2, -0.15) is 0 Å². The number of hydrogen-bond acceptors (Lipinski definition) is 4. The van der Waals surface area contributed by atoms with Gasteiger partial charge in [0.05, 0.1) is 6.42 Å². The molecule has 8 heteroatoms. The third-order valence-electron chi connectivity index (χ3n) is 2.79. The summed E-state index contributed by atoms with van der Waals surface area (Å²) in [6.07, 6.45) is 0.629. The number of hydrazine groups is 1. The zero-order valence-corrected chi connectivity index (χ0v) is 12.7. The van der Waals surface area contributed by atoms with Crippen LogP contribution in [0, 0.1) is 0 Å². The summed E-state index contributed by atoms with van der Waals surface area (Å²) in [5.74, 6) is -2.33. The van der Waals surface area contributed by atoms with Crippen LogP contribution in [0.1, 0.15) is 43.0 Å². The van der Waals surface area contributed by atoms with Gasteiger partial charge in [-0.3, -0.25) is 30.0 Å². The second-order valence-electron chi connectivity index (χ2n) is 4.77. The van der Waals surface area contributed by atoms with Gasteiger partial charge in [-0.15, -0.1) is 0 Å². The molecule has 1 aromatic rings. The lowest BCUT2D eigenvalue weighted by molar-refractivity contribution is -0.138. The first kappa shape index (κ1) is 18.1. The Balaban J connectivity index is 2.46. The van der Waals surface area contributed by atoms with Gasteiger partial charge in [0, 0.05) is 24.1 Å². The van der Waals surface area contributed by atoms with Crippen molar-refractivity contribution in [3.05, 3.63) is 29.8 Å². The molecule has 0 saturated heterocycles.